The summed E-state index contributed by atoms with van der Waals surface area (Å²) in [5.41, 5.74) is 0.531. The highest BCUT2D eigenvalue weighted by atomic mass is 79.9. The Kier molecular flexibility index (Phi) is 4.20. The van der Waals surface area contributed by atoms with Crippen molar-refractivity contribution >= 4 is 32.7 Å². The maximum absolute atomic E-state index is 12.6. The van der Waals surface area contributed by atoms with Crippen LogP contribution >= 0.6 is 15.9 Å². The molecule has 1 aromatic carbocycles. The minimum atomic E-state index is -0.913. The molecule has 2 aromatic rings. The molecular weight excluding hydrogens is 320 g/mol. The van der Waals surface area contributed by atoms with Crippen LogP contribution in [0.2, 0.25) is 0 Å². The molecule has 0 atom stereocenters. The zero-order chi connectivity index (χ0) is 14.9. The number of nitrogens with zero attached hydrogens (tertiary/aromatic N) is 1. The summed E-state index contributed by atoms with van der Waals surface area (Å²) in [5, 5.41) is 10.9. The molecule has 5 heteroatoms. The largest absolute Gasteiger partial charge is 0.389 e. The Morgan fingerprint density at radius 2 is 2.05 bits per heavy atom. The van der Waals surface area contributed by atoms with Gasteiger partial charge in [-0.1, -0.05) is 18.2 Å². The van der Waals surface area contributed by atoms with E-state index in [0.717, 1.165) is 15.4 Å². The molecule has 1 aromatic heterocycles. The van der Waals surface area contributed by atoms with E-state index in [0.29, 0.717) is 18.8 Å². The van der Waals surface area contributed by atoms with Gasteiger partial charge in [0, 0.05) is 24.0 Å². The highest BCUT2D eigenvalue weighted by Gasteiger charge is 2.25. The van der Waals surface area contributed by atoms with Crippen LogP contribution in [0, 0.1) is 0 Å². The first-order chi connectivity index (χ1) is 9.33. The number of amides is 1. The molecule has 20 heavy (non-hydrogen) atoms. The molecule has 0 bridgehead atoms. The van der Waals surface area contributed by atoms with Crippen molar-refractivity contribution in [2.24, 2.45) is 0 Å². The standard InChI is InChI=1S/C15H19BrN2O2/c1-4-18(9-15(2,3)20)14(19)13-12(16)10-7-5-6-8-11(10)17-13/h5-8,17,20H,4,9H2,1-3H3. The fraction of sp³-hybridized carbons (Fsp3) is 0.400. The van der Waals surface area contributed by atoms with E-state index in [2.05, 4.69) is 20.9 Å². The smallest absolute Gasteiger partial charge is 0.271 e. The van der Waals surface area contributed by atoms with Crippen LogP contribution in [0.1, 0.15) is 31.3 Å². The van der Waals surface area contributed by atoms with Crippen molar-refractivity contribution in [1.82, 2.24) is 9.88 Å². The lowest BCUT2D eigenvalue weighted by molar-refractivity contribution is 0.0311. The number of aliphatic hydroxyl groups is 1. The third kappa shape index (κ3) is 3.04. The maximum Gasteiger partial charge on any atom is 0.271 e. The van der Waals surface area contributed by atoms with Gasteiger partial charge in [0.05, 0.1) is 10.1 Å². The lowest BCUT2D eigenvalue weighted by Crippen LogP contribution is -2.42. The number of carbonyl (C=O) groups is 1. The van der Waals surface area contributed by atoms with Gasteiger partial charge < -0.3 is 15.0 Å². The van der Waals surface area contributed by atoms with Gasteiger partial charge in [0.2, 0.25) is 0 Å². The number of aromatic amines is 1. The third-order valence-corrected chi connectivity index (χ3v) is 3.93. The fourth-order valence-corrected chi connectivity index (χ4v) is 2.82. The van der Waals surface area contributed by atoms with E-state index in [4.69, 9.17) is 0 Å². The molecule has 0 aliphatic heterocycles. The van der Waals surface area contributed by atoms with Crippen LogP contribution in [-0.4, -0.2) is 39.6 Å². The summed E-state index contributed by atoms with van der Waals surface area (Å²) >= 11 is 3.49. The zero-order valence-electron chi connectivity index (χ0n) is 11.9. The van der Waals surface area contributed by atoms with Gasteiger partial charge in [-0.3, -0.25) is 4.79 Å². The number of rotatable bonds is 4. The molecule has 0 spiro atoms. The number of halogens is 1. The quantitative estimate of drug-likeness (QED) is 0.899. The van der Waals surface area contributed by atoms with Crippen LogP contribution in [0.4, 0.5) is 0 Å². The van der Waals surface area contributed by atoms with Crippen molar-refractivity contribution in [2.45, 2.75) is 26.4 Å². The highest BCUT2D eigenvalue weighted by Crippen LogP contribution is 2.28. The lowest BCUT2D eigenvalue weighted by atomic mass is 10.1. The second kappa shape index (κ2) is 5.58. The third-order valence-electron chi connectivity index (χ3n) is 3.10. The van der Waals surface area contributed by atoms with E-state index in [1.165, 1.54) is 0 Å². The topological polar surface area (TPSA) is 56.3 Å². The molecule has 0 unspecified atom stereocenters. The molecule has 0 aliphatic rings. The summed E-state index contributed by atoms with van der Waals surface area (Å²) in [6, 6.07) is 7.75. The number of nitrogens with one attached hydrogen (secondary N) is 1. The van der Waals surface area contributed by atoms with Gasteiger partial charge in [-0.2, -0.15) is 0 Å². The predicted octanol–water partition coefficient (Wildman–Crippen LogP) is 3.16. The first-order valence-electron chi connectivity index (χ1n) is 6.61. The Morgan fingerprint density at radius 3 is 2.60 bits per heavy atom. The average molecular weight is 339 g/mol. The number of aromatic nitrogens is 1. The summed E-state index contributed by atoms with van der Waals surface area (Å²) in [4.78, 5) is 17.4. The molecule has 0 saturated carbocycles. The van der Waals surface area contributed by atoms with Crippen molar-refractivity contribution < 1.29 is 9.90 Å². The van der Waals surface area contributed by atoms with Crippen LogP contribution in [0.15, 0.2) is 28.7 Å². The molecule has 2 rings (SSSR count). The molecule has 2 N–H and O–H groups in total. The summed E-state index contributed by atoms with van der Waals surface area (Å²) < 4.78 is 0.771. The molecule has 0 saturated heterocycles. The first kappa shape index (κ1) is 15.1. The van der Waals surface area contributed by atoms with Crippen LogP contribution in [0.5, 0.6) is 0 Å². The van der Waals surface area contributed by atoms with Crippen LogP contribution < -0.4 is 0 Å². The minimum Gasteiger partial charge on any atom is -0.389 e. The second-order valence-corrected chi connectivity index (χ2v) is 6.28. The number of likely N-dealkylation sites (N-methyl/N-ethyl adjacent to an activating group) is 1. The number of hydrogen-bond acceptors (Lipinski definition) is 2. The summed E-state index contributed by atoms with van der Waals surface area (Å²) in [6.45, 7) is 6.14. The van der Waals surface area contributed by atoms with Crippen LogP contribution in [-0.2, 0) is 0 Å². The second-order valence-electron chi connectivity index (χ2n) is 5.49. The van der Waals surface area contributed by atoms with Crippen LogP contribution in [0.3, 0.4) is 0 Å². The Balaban J connectivity index is 2.37. The van der Waals surface area contributed by atoms with Crippen molar-refractivity contribution in [1.29, 1.82) is 0 Å². The summed E-state index contributed by atoms with van der Waals surface area (Å²) in [5.74, 6) is -0.113. The molecule has 1 heterocycles. The molecule has 0 fully saturated rings. The van der Waals surface area contributed by atoms with Gasteiger partial charge in [-0.25, -0.2) is 0 Å². The Morgan fingerprint density at radius 1 is 1.40 bits per heavy atom. The van der Waals surface area contributed by atoms with Crippen molar-refractivity contribution in [2.75, 3.05) is 13.1 Å². The van der Waals surface area contributed by atoms with E-state index in [1.54, 1.807) is 18.7 Å². The summed E-state index contributed by atoms with van der Waals surface area (Å²) in [6.07, 6.45) is 0. The van der Waals surface area contributed by atoms with Crippen molar-refractivity contribution in [3.63, 3.8) is 0 Å². The van der Waals surface area contributed by atoms with Gasteiger partial charge in [0.15, 0.2) is 0 Å². The van der Waals surface area contributed by atoms with Gasteiger partial charge in [0.1, 0.15) is 5.69 Å². The highest BCUT2D eigenvalue weighted by molar-refractivity contribution is 9.10. The summed E-state index contributed by atoms with van der Waals surface area (Å²) in [7, 11) is 0. The number of hydrogen-bond donors (Lipinski definition) is 2. The average Bonchev–Trinajstić information content (AvgIpc) is 2.72. The Labute approximate surface area is 126 Å². The molecule has 0 radical (unpaired) electrons. The van der Waals surface area contributed by atoms with E-state index < -0.39 is 5.60 Å². The molecular formula is C15H19BrN2O2. The van der Waals surface area contributed by atoms with E-state index in [9.17, 15) is 9.90 Å². The van der Waals surface area contributed by atoms with Gasteiger partial charge in [-0.15, -0.1) is 0 Å². The fourth-order valence-electron chi connectivity index (χ4n) is 2.21. The van der Waals surface area contributed by atoms with Crippen molar-refractivity contribution in [3.05, 3.63) is 34.4 Å². The van der Waals surface area contributed by atoms with E-state index in [-0.39, 0.29) is 5.91 Å². The number of para-hydroxylation sites is 1. The van der Waals surface area contributed by atoms with Crippen LogP contribution in [0.25, 0.3) is 10.9 Å². The lowest BCUT2D eigenvalue weighted by Gasteiger charge is -2.27. The molecule has 1 amide bonds. The minimum absolute atomic E-state index is 0.113. The molecule has 108 valence electrons. The van der Waals surface area contributed by atoms with Gasteiger partial charge >= 0.3 is 0 Å². The zero-order valence-corrected chi connectivity index (χ0v) is 13.5. The number of carbonyl (C=O) groups excluding carboxylic acids is 1. The number of fused-ring (bicyclic) bond motifs is 1. The molecule has 4 nitrogen and oxygen atoms in total. The van der Waals surface area contributed by atoms with Gasteiger partial charge in [0.25, 0.3) is 5.91 Å². The predicted molar refractivity (Wildman–Crippen MR) is 83.9 cm³/mol. The van der Waals surface area contributed by atoms with E-state index in [1.807, 2.05) is 31.2 Å². The van der Waals surface area contributed by atoms with Gasteiger partial charge in [-0.05, 0) is 42.8 Å². The maximum atomic E-state index is 12.6. The molecule has 0 aliphatic carbocycles. The van der Waals surface area contributed by atoms with Crippen molar-refractivity contribution in [3.8, 4) is 0 Å². The first-order valence-corrected chi connectivity index (χ1v) is 7.40. The Hall–Kier alpha value is -1.33. The number of H-pyrrole nitrogens is 1. The monoisotopic (exact) mass is 338 g/mol. The number of benzene rings is 1. The Bertz CT molecular complexity index is 628. The SMILES string of the molecule is CCN(CC(C)(C)O)C(=O)c1[nH]c2ccccc2c1Br. The van der Waals surface area contributed by atoms with E-state index >= 15 is 0 Å². The normalized spacial score (nSPS) is 11.8.